The molecular formula is C22H27N3O3. The summed E-state index contributed by atoms with van der Waals surface area (Å²) in [6.07, 6.45) is 3.55. The zero-order valence-electron chi connectivity index (χ0n) is 16.3. The smallest absolute Gasteiger partial charge is 0.229 e. The highest BCUT2D eigenvalue weighted by molar-refractivity contribution is 5.80. The number of fused-ring (bicyclic) bond motifs is 1. The summed E-state index contributed by atoms with van der Waals surface area (Å²) in [5.41, 5.74) is 2.16. The molecule has 148 valence electrons. The van der Waals surface area contributed by atoms with E-state index in [0.717, 1.165) is 68.3 Å². The minimum absolute atomic E-state index is 0.108. The van der Waals surface area contributed by atoms with E-state index in [-0.39, 0.29) is 11.8 Å². The van der Waals surface area contributed by atoms with Crippen molar-refractivity contribution in [1.29, 1.82) is 0 Å². The molecule has 4 rings (SSSR count). The maximum atomic E-state index is 13.1. The molecule has 1 atom stereocenters. The van der Waals surface area contributed by atoms with Crippen LogP contribution in [0.5, 0.6) is 11.5 Å². The highest BCUT2D eigenvalue weighted by Gasteiger charge is 2.30. The Labute approximate surface area is 166 Å². The third-order valence-electron chi connectivity index (χ3n) is 5.54. The van der Waals surface area contributed by atoms with E-state index in [4.69, 9.17) is 9.47 Å². The number of nitrogens with zero attached hydrogens (tertiary/aromatic N) is 3. The molecule has 0 aliphatic carbocycles. The molecule has 0 saturated carbocycles. The van der Waals surface area contributed by atoms with Gasteiger partial charge in [-0.15, -0.1) is 0 Å². The van der Waals surface area contributed by atoms with Gasteiger partial charge in [-0.1, -0.05) is 12.1 Å². The van der Waals surface area contributed by atoms with Crippen LogP contribution in [0.1, 0.15) is 17.7 Å². The number of carbonyl (C=O) groups excluding carboxylic acids is 1. The zero-order valence-corrected chi connectivity index (χ0v) is 16.3. The Morgan fingerprint density at radius 2 is 2.14 bits per heavy atom. The van der Waals surface area contributed by atoms with Gasteiger partial charge in [-0.3, -0.25) is 14.7 Å². The van der Waals surface area contributed by atoms with Gasteiger partial charge in [-0.05, 0) is 36.6 Å². The Kier molecular flexibility index (Phi) is 5.76. The van der Waals surface area contributed by atoms with Crippen LogP contribution in [0.3, 0.4) is 0 Å². The first-order valence-corrected chi connectivity index (χ1v) is 9.93. The number of carbonyl (C=O) groups is 1. The fraction of sp³-hybridized carbons (Fsp3) is 0.455. The summed E-state index contributed by atoms with van der Waals surface area (Å²) in [6.45, 7) is 4.72. The van der Waals surface area contributed by atoms with E-state index in [1.807, 2.05) is 41.4 Å². The largest absolute Gasteiger partial charge is 0.497 e. The van der Waals surface area contributed by atoms with Crippen LogP contribution in [0.25, 0.3) is 0 Å². The van der Waals surface area contributed by atoms with Crippen LogP contribution in [-0.2, 0) is 17.8 Å². The summed E-state index contributed by atoms with van der Waals surface area (Å²) in [5, 5.41) is 0. The number of hydrogen-bond acceptors (Lipinski definition) is 5. The summed E-state index contributed by atoms with van der Waals surface area (Å²) < 4.78 is 11.1. The van der Waals surface area contributed by atoms with Gasteiger partial charge >= 0.3 is 0 Å². The highest BCUT2D eigenvalue weighted by atomic mass is 16.5. The Morgan fingerprint density at radius 1 is 1.21 bits per heavy atom. The molecule has 3 heterocycles. The highest BCUT2D eigenvalue weighted by Crippen LogP contribution is 2.31. The van der Waals surface area contributed by atoms with Gasteiger partial charge in [0.25, 0.3) is 0 Å². The van der Waals surface area contributed by atoms with E-state index < -0.39 is 0 Å². The number of hydrogen-bond donors (Lipinski definition) is 0. The summed E-state index contributed by atoms with van der Waals surface area (Å²) in [6, 6.07) is 11.8. The minimum atomic E-state index is -0.108. The normalized spacial score (nSPS) is 20.0. The summed E-state index contributed by atoms with van der Waals surface area (Å²) >= 11 is 0. The molecule has 2 aromatic rings. The molecular weight excluding hydrogens is 354 g/mol. The van der Waals surface area contributed by atoms with E-state index in [2.05, 4.69) is 16.0 Å². The second-order valence-corrected chi connectivity index (χ2v) is 7.46. The number of rotatable bonds is 4. The first-order chi connectivity index (χ1) is 13.7. The van der Waals surface area contributed by atoms with Gasteiger partial charge in [0.05, 0.1) is 18.7 Å². The van der Waals surface area contributed by atoms with Crippen molar-refractivity contribution >= 4 is 5.91 Å². The third kappa shape index (κ3) is 4.28. The lowest BCUT2D eigenvalue weighted by Gasteiger charge is -2.30. The molecule has 0 bridgehead atoms. The number of ether oxygens (including phenoxy) is 2. The quantitative estimate of drug-likeness (QED) is 0.814. The van der Waals surface area contributed by atoms with Gasteiger partial charge in [0.2, 0.25) is 5.91 Å². The summed E-state index contributed by atoms with van der Waals surface area (Å²) in [4.78, 5) is 21.9. The van der Waals surface area contributed by atoms with E-state index in [0.29, 0.717) is 6.61 Å². The fourth-order valence-electron chi connectivity index (χ4n) is 3.97. The lowest BCUT2D eigenvalue weighted by molar-refractivity contribution is -0.136. The van der Waals surface area contributed by atoms with Gasteiger partial charge in [0.1, 0.15) is 18.1 Å². The summed E-state index contributed by atoms with van der Waals surface area (Å²) in [7, 11) is 1.65. The third-order valence-corrected chi connectivity index (χ3v) is 5.54. The second-order valence-electron chi connectivity index (χ2n) is 7.46. The zero-order chi connectivity index (χ0) is 19.3. The maximum absolute atomic E-state index is 13.1. The molecule has 6 heteroatoms. The minimum Gasteiger partial charge on any atom is -0.497 e. The molecule has 1 aromatic heterocycles. The van der Waals surface area contributed by atoms with E-state index in [1.165, 1.54) is 0 Å². The van der Waals surface area contributed by atoms with Gasteiger partial charge in [0, 0.05) is 45.0 Å². The molecule has 28 heavy (non-hydrogen) atoms. The van der Waals surface area contributed by atoms with Crippen LogP contribution >= 0.6 is 0 Å². The van der Waals surface area contributed by atoms with Crippen molar-refractivity contribution in [3.8, 4) is 11.5 Å². The molecule has 6 nitrogen and oxygen atoms in total. The summed E-state index contributed by atoms with van der Waals surface area (Å²) in [5.74, 6) is 1.72. The van der Waals surface area contributed by atoms with Crippen LogP contribution in [-0.4, -0.2) is 60.6 Å². The van der Waals surface area contributed by atoms with Crippen molar-refractivity contribution in [3.05, 3.63) is 53.9 Å². The van der Waals surface area contributed by atoms with Crippen LogP contribution in [0.15, 0.2) is 42.6 Å². The molecule has 2 aliphatic rings. The topological polar surface area (TPSA) is 54.9 Å². The van der Waals surface area contributed by atoms with Gasteiger partial charge in [-0.25, -0.2) is 0 Å². The standard InChI is InChI=1S/C22H27N3O3/c1-27-20-7-6-17-13-18(16-28-21(17)14-20)22(26)25-10-4-9-24(11-12-25)15-19-5-2-3-8-23-19/h2-3,5-8,14,18H,4,9-13,15-16H2,1H3/t18-/m0/s1. The molecule has 2 aliphatic heterocycles. The Morgan fingerprint density at radius 3 is 2.96 bits per heavy atom. The number of benzene rings is 1. The van der Waals surface area contributed by atoms with E-state index in [1.54, 1.807) is 7.11 Å². The average molecular weight is 381 g/mol. The lowest BCUT2D eigenvalue weighted by Crippen LogP contribution is -2.42. The van der Waals surface area contributed by atoms with E-state index in [9.17, 15) is 4.79 Å². The first-order valence-electron chi connectivity index (χ1n) is 9.93. The molecule has 0 N–H and O–H groups in total. The maximum Gasteiger partial charge on any atom is 0.229 e. The lowest BCUT2D eigenvalue weighted by atomic mass is 9.95. The molecule has 1 amide bonds. The number of amides is 1. The SMILES string of the molecule is COc1ccc2c(c1)OC[C@@H](C(=O)N1CCCN(Cc3ccccn3)CC1)C2. The molecule has 1 aromatic carbocycles. The fourth-order valence-corrected chi connectivity index (χ4v) is 3.97. The monoisotopic (exact) mass is 381 g/mol. The van der Waals surface area contributed by atoms with E-state index >= 15 is 0 Å². The molecule has 0 spiro atoms. The number of methoxy groups -OCH3 is 1. The number of aromatic nitrogens is 1. The van der Waals surface area contributed by atoms with Crippen molar-refractivity contribution in [1.82, 2.24) is 14.8 Å². The first kappa shape index (κ1) is 18.7. The van der Waals surface area contributed by atoms with Crippen LogP contribution in [0.2, 0.25) is 0 Å². The van der Waals surface area contributed by atoms with Crippen LogP contribution in [0.4, 0.5) is 0 Å². The molecule has 0 radical (unpaired) electrons. The molecule has 1 fully saturated rings. The van der Waals surface area contributed by atoms with Crippen molar-refractivity contribution < 1.29 is 14.3 Å². The second kappa shape index (κ2) is 8.61. The van der Waals surface area contributed by atoms with Gasteiger partial charge in [0.15, 0.2) is 0 Å². The van der Waals surface area contributed by atoms with Crippen LogP contribution in [0, 0.1) is 5.92 Å². The van der Waals surface area contributed by atoms with Crippen LogP contribution < -0.4 is 9.47 Å². The molecule has 0 unspecified atom stereocenters. The van der Waals surface area contributed by atoms with Crippen molar-refractivity contribution in [3.63, 3.8) is 0 Å². The average Bonchev–Trinajstić information content (AvgIpc) is 2.98. The van der Waals surface area contributed by atoms with Crippen molar-refractivity contribution in [2.75, 3.05) is 39.9 Å². The Balaban J connectivity index is 1.35. The van der Waals surface area contributed by atoms with Crippen molar-refractivity contribution in [2.45, 2.75) is 19.4 Å². The predicted molar refractivity (Wildman–Crippen MR) is 106 cm³/mol. The predicted octanol–water partition coefficient (Wildman–Crippen LogP) is 2.38. The van der Waals surface area contributed by atoms with Crippen molar-refractivity contribution in [2.24, 2.45) is 5.92 Å². The number of pyridine rings is 1. The Hall–Kier alpha value is -2.60. The van der Waals surface area contributed by atoms with Gasteiger partial charge in [-0.2, -0.15) is 0 Å². The molecule has 1 saturated heterocycles. The Bertz CT molecular complexity index is 812. The van der Waals surface area contributed by atoms with Gasteiger partial charge < -0.3 is 14.4 Å².